The Morgan fingerprint density at radius 2 is 1.69 bits per heavy atom. The maximum Gasteiger partial charge on any atom is 0.247 e. The van der Waals surface area contributed by atoms with Gasteiger partial charge in [-0.3, -0.25) is 0 Å². The largest absolute Gasteiger partial charge is 0.419 e. The number of sulfonamides is 1. The number of aromatic nitrogens is 2. The van der Waals surface area contributed by atoms with Crippen LogP contribution in [0.15, 0.2) is 63.9 Å². The summed E-state index contributed by atoms with van der Waals surface area (Å²) in [7, 11) is -3.48. The predicted molar refractivity (Wildman–Crippen MR) is 111 cm³/mol. The van der Waals surface area contributed by atoms with Crippen LogP contribution in [0.3, 0.4) is 0 Å². The SMILES string of the molecule is O=S(=O)(c1cccc(NCc2nnc(-c3ccccc3)o2)c1)N1CCCCCC1. The van der Waals surface area contributed by atoms with Gasteiger partial charge in [-0.05, 0) is 43.2 Å². The van der Waals surface area contributed by atoms with Crippen molar-refractivity contribution in [2.75, 3.05) is 18.4 Å². The minimum Gasteiger partial charge on any atom is -0.419 e. The van der Waals surface area contributed by atoms with Crippen LogP contribution in [-0.2, 0) is 16.6 Å². The summed E-state index contributed by atoms with van der Waals surface area (Å²) in [5, 5.41) is 11.3. The van der Waals surface area contributed by atoms with Gasteiger partial charge in [0.15, 0.2) is 0 Å². The van der Waals surface area contributed by atoms with Crippen LogP contribution in [0.4, 0.5) is 5.69 Å². The molecule has 0 radical (unpaired) electrons. The standard InChI is InChI=1S/C21H24N4O3S/c26-29(27,25-13-6-1-2-7-14-25)19-12-8-11-18(15-19)22-16-20-23-24-21(28-20)17-9-4-3-5-10-17/h3-5,8-12,15,22H,1-2,6-7,13-14,16H2. The molecular formula is C21H24N4O3S. The first-order chi connectivity index (χ1) is 14.1. The minimum absolute atomic E-state index is 0.305. The van der Waals surface area contributed by atoms with Crippen molar-refractivity contribution in [1.29, 1.82) is 0 Å². The molecule has 0 amide bonds. The van der Waals surface area contributed by atoms with Gasteiger partial charge in [-0.15, -0.1) is 10.2 Å². The molecule has 0 unspecified atom stereocenters. The fraction of sp³-hybridized carbons (Fsp3) is 0.333. The van der Waals surface area contributed by atoms with Crippen molar-refractivity contribution in [3.63, 3.8) is 0 Å². The molecule has 1 N–H and O–H groups in total. The third-order valence-corrected chi connectivity index (χ3v) is 6.86. The van der Waals surface area contributed by atoms with Crippen molar-refractivity contribution in [2.45, 2.75) is 37.1 Å². The molecule has 8 heteroatoms. The highest BCUT2D eigenvalue weighted by molar-refractivity contribution is 7.89. The Morgan fingerprint density at radius 3 is 2.45 bits per heavy atom. The van der Waals surface area contributed by atoms with E-state index in [1.54, 1.807) is 22.5 Å². The number of nitrogens with zero attached hydrogens (tertiary/aromatic N) is 3. The number of rotatable bonds is 6. The van der Waals surface area contributed by atoms with Crippen LogP contribution in [0, 0.1) is 0 Å². The second-order valence-electron chi connectivity index (χ2n) is 7.07. The number of hydrogen-bond acceptors (Lipinski definition) is 6. The summed E-state index contributed by atoms with van der Waals surface area (Å²) in [5.41, 5.74) is 1.55. The molecule has 1 aromatic heterocycles. The summed E-state index contributed by atoms with van der Waals surface area (Å²) < 4.78 is 33.3. The van der Waals surface area contributed by atoms with E-state index in [2.05, 4.69) is 15.5 Å². The van der Waals surface area contributed by atoms with Crippen molar-refractivity contribution in [3.8, 4) is 11.5 Å². The second-order valence-corrected chi connectivity index (χ2v) is 9.00. The van der Waals surface area contributed by atoms with Gasteiger partial charge in [0.2, 0.25) is 21.8 Å². The lowest BCUT2D eigenvalue weighted by Crippen LogP contribution is -2.31. The molecule has 29 heavy (non-hydrogen) atoms. The van der Waals surface area contributed by atoms with E-state index in [1.807, 2.05) is 36.4 Å². The molecule has 0 aliphatic carbocycles. The smallest absolute Gasteiger partial charge is 0.247 e. The topological polar surface area (TPSA) is 88.3 Å². The quantitative estimate of drug-likeness (QED) is 0.660. The van der Waals surface area contributed by atoms with E-state index in [0.717, 1.165) is 31.2 Å². The van der Waals surface area contributed by atoms with Crippen molar-refractivity contribution in [2.24, 2.45) is 0 Å². The van der Waals surface area contributed by atoms with Gasteiger partial charge >= 0.3 is 0 Å². The minimum atomic E-state index is -3.48. The van der Waals surface area contributed by atoms with Gasteiger partial charge in [-0.2, -0.15) is 4.31 Å². The van der Waals surface area contributed by atoms with E-state index in [0.29, 0.717) is 42.0 Å². The Hall–Kier alpha value is -2.71. The molecule has 3 aromatic rings. The monoisotopic (exact) mass is 412 g/mol. The molecule has 1 fully saturated rings. The molecule has 4 rings (SSSR count). The molecule has 0 bridgehead atoms. The average molecular weight is 413 g/mol. The van der Waals surface area contributed by atoms with Crippen LogP contribution < -0.4 is 5.32 Å². The summed E-state index contributed by atoms with van der Waals surface area (Å²) in [5.74, 6) is 0.893. The summed E-state index contributed by atoms with van der Waals surface area (Å²) >= 11 is 0. The van der Waals surface area contributed by atoms with Gasteiger partial charge in [0.25, 0.3) is 0 Å². The second kappa shape index (κ2) is 8.75. The highest BCUT2D eigenvalue weighted by Crippen LogP contribution is 2.23. The van der Waals surface area contributed by atoms with Gasteiger partial charge in [0, 0.05) is 24.3 Å². The van der Waals surface area contributed by atoms with Crippen molar-refractivity contribution in [1.82, 2.24) is 14.5 Å². The lowest BCUT2D eigenvalue weighted by Gasteiger charge is -2.20. The summed E-state index contributed by atoms with van der Waals surface area (Å²) in [6.07, 6.45) is 4.00. The van der Waals surface area contributed by atoms with Gasteiger partial charge < -0.3 is 9.73 Å². The fourth-order valence-electron chi connectivity index (χ4n) is 3.40. The molecule has 0 saturated carbocycles. The van der Waals surface area contributed by atoms with Crippen LogP contribution in [0.1, 0.15) is 31.6 Å². The molecule has 1 aliphatic heterocycles. The maximum absolute atomic E-state index is 13.0. The van der Waals surface area contributed by atoms with Crippen LogP contribution in [-0.4, -0.2) is 36.0 Å². The first-order valence-electron chi connectivity index (χ1n) is 9.85. The molecule has 2 aromatic carbocycles. The Kier molecular flexibility index (Phi) is 5.92. The molecule has 7 nitrogen and oxygen atoms in total. The van der Waals surface area contributed by atoms with Gasteiger partial charge in [-0.1, -0.05) is 37.1 Å². The fourth-order valence-corrected chi connectivity index (χ4v) is 4.96. The highest BCUT2D eigenvalue weighted by Gasteiger charge is 2.25. The first-order valence-corrected chi connectivity index (χ1v) is 11.3. The maximum atomic E-state index is 13.0. The van der Waals surface area contributed by atoms with E-state index < -0.39 is 10.0 Å². The third-order valence-electron chi connectivity index (χ3n) is 4.97. The lowest BCUT2D eigenvalue weighted by atomic mass is 10.2. The van der Waals surface area contributed by atoms with Gasteiger partial charge in [0.1, 0.15) is 0 Å². The molecule has 1 aliphatic rings. The zero-order chi connectivity index (χ0) is 20.1. The molecule has 0 spiro atoms. The van der Waals surface area contributed by atoms with E-state index in [-0.39, 0.29) is 0 Å². The normalized spacial score (nSPS) is 15.7. The zero-order valence-corrected chi connectivity index (χ0v) is 16.9. The Labute approximate surface area is 170 Å². The number of anilines is 1. The molecule has 0 atom stereocenters. The number of benzene rings is 2. The van der Waals surface area contributed by atoms with Crippen molar-refractivity contribution >= 4 is 15.7 Å². The van der Waals surface area contributed by atoms with E-state index in [4.69, 9.17) is 4.42 Å². The molecule has 152 valence electrons. The Morgan fingerprint density at radius 1 is 0.931 bits per heavy atom. The predicted octanol–water partition coefficient (Wildman–Crippen LogP) is 3.91. The van der Waals surface area contributed by atoms with E-state index in [9.17, 15) is 8.42 Å². The Bertz CT molecular complexity index is 1040. The van der Waals surface area contributed by atoms with Crippen LogP contribution in [0.25, 0.3) is 11.5 Å². The van der Waals surface area contributed by atoms with Crippen molar-refractivity contribution < 1.29 is 12.8 Å². The zero-order valence-electron chi connectivity index (χ0n) is 16.1. The molecular weight excluding hydrogens is 388 g/mol. The number of nitrogens with one attached hydrogen (secondary N) is 1. The number of hydrogen-bond donors (Lipinski definition) is 1. The van der Waals surface area contributed by atoms with Crippen LogP contribution >= 0.6 is 0 Å². The van der Waals surface area contributed by atoms with Crippen LogP contribution in [0.5, 0.6) is 0 Å². The van der Waals surface area contributed by atoms with E-state index >= 15 is 0 Å². The van der Waals surface area contributed by atoms with Gasteiger partial charge in [-0.25, -0.2) is 8.42 Å². The van der Waals surface area contributed by atoms with Gasteiger partial charge in [0.05, 0.1) is 11.4 Å². The summed E-state index contributed by atoms with van der Waals surface area (Å²) in [6.45, 7) is 1.49. The first kappa shape index (κ1) is 19.6. The Balaban J connectivity index is 1.45. The van der Waals surface area contributed by atoms with E-state index in [1.165, 1.54) is 0 Å². The lowest BCUT2D eigenvalue weighted by molar-refractivity contribution is 0.424. The molecule has 1 saturated heterocycles. The molecule has 2 heterocycles. The highest BCUT2D eigenvalue weighted by atomic mass is 32.2. The average Bonchev–Trinajstić information content (AvgIpc) is 3.05. The summed E-state index contributed by atoms with van der Waals surface area (Å²) in [6, 6.07) is 16.4. The van der Waals surface area contributed by atoms with Crippen molar-refractivity contribution in [3.05, 3.63) is 60.5 Å². The van der Waals surface area contributed by atoms with Crippen LogP contribution in [0.2, 0.25) is 0 Å². The third kappa shape index (κ3) is 4.65. The summed E-state index contributed by atoms with van der Waals surface area (Å²) in [4.78, 5) is 0.305.